The van der Waals surface area contributed by atoms with Gasteiger partial charge in [-0.2, -0.15) is 0 Å². The smallest absolute Gasteiger partial charge is 0.156 e. The van der Waals surface area contributed by atoms with Crippen LogP contribution >= 0.6 is 34.8 Å². The molecule has 0 radical (unpaired) electrons. The fourth-order valence-electron chi connectivity index (χ4n) is 3.83. The van der Waals surface area contributed by atoms with Gasteiger partial charge in [0, 0.05) is 5.02 Å². The summed E-state index contributed by atoms with van der Waals surface area (Å²) < 4.78 is 0. The van der Waals surface area contributed by atoms with Gasteiger partial charge in [0.25, 0.3) is 0 Å². The molecule has 2 N–H and O–H groups in total. The molecular weight excluding hydrogens is 419 g/mol. The summed E-state index contributed by atoms with van der Waals surface area (Å²) in [6, 6.07) is 11.4. The van der Waals surface area contributed by atoms with Gasteiger partial charge in [0.2, 0.25) is 0 Å². The monoisotopic (exact) mass is 438 g/mol. The number of benzene rings is 2. The van der Waals surface area contributed by atoms with E-state index in [0.29, 0.717) is 21.6 Å². The average molecular weight is 440 g/mol. The number of nitrogens with zero attached hydrogens (tertiary/aromatic N) is 2. The van der Waals surface area contributed by atoms with Gasteiger partial charge in [-0.3, -0.25) is 9.83 Å². The van der Waals surface area contributed by atoms with Crippen LogP contribution in [-0.2, 0) is 11.4 Å². The predicted octanol–water partition coefficient (Wildman–Crippen LogP) is 5.16. The van der Waals surface area contributed by atoms with Crippen LogP contribution in [0.4, 0.5) is 11.4 Å². The number of nitrogens with one attached hydrogen (secondary N) is 2. The number of piperidine rings is 1. The molecule has 4 rings (SSSR count). The summed E-state index contributed by atoms with van der Waals surface area (Å²) in [5.41, 5.74) is 2.38. The van der Waals surface area contributed by atoms with Crippen LogP contribution in [-0.4, -0.2) is 31.6 Å². The van der Waals surface area contributed by atoms with Crippen LogP contribution in [0.2, 0.25) is 15.1 Å². The number of hydroxylamine groups is 1. The standard InChI is InChI=1S/C20H21Cl3N4O/c1-28-27-18-11-16(23)15(22)10-17(18)26-20(5-7-24-8-6-20)19(27)25-12-13-3-2-4-14(21)9-13/h2-4,9-11,24,26H,5-8,12H2,1H3/b25-19+. The average Bonchev–Trinajstić information content (AvgIpc) is 2.68. The highest BCUT2D eigenvalue weighted by Crippen LogP contribution is 2.43. The highest BCUT2D eigenvalue weighted by atomic mass is 35.5. The Bertz CT molecular complexity index is 912. The molecule has 2 aliphatic heterocycles. The van der Waals surface area contributed by atoms with Crippen LogP contribution in [0.5, 0.6) is 0 Å². The SMILES string of the molecule is CON1/C(=N/Cc2cccc(Cl)c2)C2(CCNCC2)Nc2cc(Cl)c(Cl)cc21. The lowest BCUT2D eigenvalue weighted by atomic mass is 9.84. The fraction of sp³-hybridized carbons (Fsp3) is 0.350. The van der Waals surface area contributed by atoms with Crippen molar-refractivity contribution in [3.63, 3.8) is 0 Å². The number of aliphatic imine (C=N–C) groups is 1. The van der Waals surface area contributed by atoms with Gasteiger partial charge < -0.3 is 10.6 Å². The molecular formula is C20H21Cl3N4O. The molecule has 1 spiro atoms. The zero-order valence-electron chi connectivity index (χ0n) is 15.4. The van der Waals surface area contributed by atoms with Crippen molar-refractivity contribution in [2.24, 2.45) is 4.99 Å². The third-order valence-electron chi connectivity index (χ3n) is 5.19. The van der Waals surface area contributed by atoms with E-state index >= 15 is 0 Å². The first-order valence-electron chi connectivity index (χ1n) is 9.14. The molecule has 0 bridgehead atoms. The van der Waals surface area contributed by atoms with Gasteiger partial charge in [0.15, 0.2) is 5.84 Å². The summed E-state index contributed by atoms with van der Waals surface area (Å²) in [6.45, 7) is 2.28. The second-order valence-electron chi connectivity index (χ2n) is 6.99. The molecule has 148 valence electrons. The van der Waals surface area contributed by atoms with E-state index in [1.807, 2.05) is 30.3 Å². The van der Waals surface area contributed by atoms with E-state index in [9.17, 15) is 0 Å². The van der Waals surface area contributed by atoms with Crippen molar-refractivity contribution >= 4 is 52.0 Å². The molecule has 2 aliphatic rings. The number of amidine groups is 1. The summed E-state index contributed by atoms with van der Waals surface area (Å²) in [4.78, 5) is 10.7. The molecule has 0 aromatic heterocycles. The molecule has 5 nitrogen and oxygen atoms in total. The van der Waals surface area contributed by atoms with Gasteiger partial charge in [-0.1, -0.05) is 46.9 Å². The maximum Gasteiger partial charge on any atom is 0.156 e. The zero-order chi connectivity index (χ0) is 19.7. The third kappa shape index (κ3) is 3.70. The lowest BCUT2D eigenvalue weighted by Gasteiger charge is -2.47. The summed E-state index contributed by atoms with van der Waals surface area (Å²) in [5, 5.41) is 10.5. The van der Waals surface area contributed by atoms with E-state index in [-0.39, 0.29) is 5.54 Å². The lowest BCUT2D eigenvalue weighted by molar-refractivity contribution is 0.199. The van der Waals surface area contributed by atoms with Crippen LogP contribution in [0.25, 0.3) is 0 Å². The number of hydrogen-bond acceptors (Lipinski definition) is 4. The number of rotatable bonds is 3. The number of anilines is 2. The molecule has 1 fully saturated rings. The number of halogens is 3. The Morgan fingerprint density at radius 3 is 2.57 bits per heavy atom. The van der Waals surface area contributed by atoms with Crippen LogP contribution in [0.3, 0.4) is 0 Å². The van der Waals surface area contributed by atoms with E-state index < -0.39 is 0 Å². The summed E-state index contributed by atoms with van der Waals surface area (Å²) in [6.07, 6.45) is 1.75. The Morgan fingerprint density at radius 1 is 1.11 bits per heavy atom. The molecule has 2 aromatic carbocycles. The van der Waals surface area contributed by atoms with Gasteiger partial charge in [-0.15, -0.1) is 0 Å². The first-order chi connectivity index (χ1) is 13.5. The highest BCUT2D eigenvalue weighted by Gasteiger charge is 2.45. The molecule has 8 heteroatoms. The Labute approximate surface area is 179 Å². The Morgan fingerprint density at radius 2 is 1.86 bits per heavy atom. The van der Waals surface area contributed by atoms with Crippen molar-refractivity contribution in [2.45, 2.75) is 24.9 Å². The Hall–Kier alpha value is -1.50. The van der Waals surface area contributed by atoms with Gasteiger partial charge in [0.1, 0.15) is 5.54 Å². The van der Waals surface area contributed by atoms with E-state index in [2.05, 4.69) is 10.6 Å². The molecule has 2 heterocycles. The fourth-order valence-corrected chi connectivity index (χ4v) is 4.37. The van der Waals surface area contributed by atoms with Crippen LogP contribution < -0.4 is 15.7 Å². The van der Waals surface area contributed by atoms with Gasteiger partial charge >= 0.3 is 0 Å². The van der Waals surface area contributed by atoms with Crippen molar-refractivity contribution in [1.82, 2.24) is 5.32 Å². The minimum absolute atomic E-state index is 0.343. The Balaban J connectivity index is 1.79. The van der Waals surface area contributed by atoms with E-state index in [1.165, 1.54) is 0 Å². The summed E-state index contributed by atoms with van der Waals surface area (Å²) in [7, 11) is 1.64. The van der Waals surface area contributed by atoms with Crippen LogP contribution in [0, 0.1) is 0 Å². The quantitative estimate of drug-likeness (QED) is 0.693. The summed E-state index contributed by atoms with van der Waals surface area (Å²) in [5.74, 6) is 0.836. The second-order valence-corrected chi connectivity index (χ2v) is 8.24. The Kier molecular flexibility index (Phi) is 5.72. The predicted molar refractivity (Wildman–Crippen MR) is 117 cm³/mol. The molecule has 28 heavy (non-hydrogen) atoms. The largest absolute Gasteiger partial charge is 0.371 e. The molecule has 1 saturated heterocycles. The topological polar surface area (TPSA) is 48.9 Å². The molecule has 0 atom stereocenters. The maximum atomic E-state index is 6.28. The highest BCUT2D eigenvalue weighted by molar-refractivity contribution is 6.42. The molecule has 2 aromatic rings. The minimum Gasteiger partial charge on any atom is -0.371 e. The van der Waals surface area contributed by atoms with E-state index in [1.54, 1.807) is 18.2 Å². The minimum atomic E-state index is -0.343. The maximum absolute atomic E-state index is 6.28. The normalized spacial score (nSPS) is 19.6. The lowest BCUT2D eigenvalue weighted by Crippen LogP contribution is -2.61. The molecule has 0 saturated carbocycles. The van der Waals surface area contributed by atoms with Crippen molar-refractivity contribution < 1.29 is 4.84 Å². The number of fused-ring (bicyclic) bond motifs is 1. The first-order valence-corrected chi connectivity index (χ1v) is 10.3. The van der Waals surface area contributed by atoms with Gasteiger partial charge in [-0.05, 0) is 55.8 Å². The van der Waals surface area contributed by atoms with Gasteiger partial charge in [-0.25, -0.2) is 5.06 Å². The van der Waals surface area contributed by atoms with Crippen molar-refractivity contribution in [2.75, 3.05) is 30.6 Å². The van der Waals surface area contributed by atoms with Crippen molar-refractivity contribution in [1.29, 1.82) is 0 Å². The molecule has 0 amide bonds. The number of hydrogen-bond donors (Lipinski definition) is 2. The third-order valence-corrected chi connectivity index (χ3v) is 6.15. The van der Waals surface area contributed by atoms with E-state index in [0.717, 1.165) is 48.7 Å². The van der Waals surface area contributed by atoms with Crippen LogP contribution in [0.15, 0.2) is 41.4 Å². The zero-order valence-corrected chi connectivity index (χ0v) is 17.7. The van der Waals surface area contributed by atoms with E-state index in [4.69, 9.17) is 44.6 Å². The first kappa shape index (κ1) is 19.8. The molecule has 0 unspecified atom stereocenters. The molecule has 0 aliphatic carbocycles. The van der Waals surface area contributed by atoms with Crippen molar-refractivity contribution in [3.8, 4) is 0 Å². The van der Waals surface area contributed by atoms with Crippen LogP contribution in [0.1, 0.15) is 18.4 Å². The second kappa shape index (κ2) is 8.09. The van der Waals surface area contributed by atoms with Crippen molar-refractivity contribution in [3.05, 3.63) is 57.0 Å². The summed E-state index contributed by atoms with van der Waals surface area (Å²) >= 11 is 18.7. The van der Waals surface area contributed by atoms with Gasteiger partial charge in [0.05, 0.1) is 35.1 Å².